The van der Waals surface area contributed by atoms with Gasteiger partial charge in [-0.2, -0.15) is 5.10 Å². The Balaban J connectivity index is 1.84. The zero-order chi connectivity index (χ0) is 18.5. The third-order valence-corrected chi connectivity index (χ3v) is 4.41. The quantitative estimate of drug-likeness (QED) is 0.714. The van der Waals surface area contributed by atoms with Crippen molar-refractivity contribution in [2.75, 3.05) is 11.9 Å². The van der Waals surface area contributed by atoms with Gasteiger partial charge in [-0.1, -0.05) is 18.3 Å². The summed E-state index contributed by atoms with van der Waals surface area (Å²) in [5.41, 5.74) is 0.0197. The van der Waals surface area contributed by atoms with Crippen LogP contribution in [0.4, 0.5) is 5.13 Å². The fraction of sp³-hybridized carbons (Fsp3) is 0.235. The summed E-state index contributed by atoms with van der Waals surface area (Å²) in [6.07, 6.45) is 2.23. The Labute approximate surface area is 153 Å². The van der Waals surface area contributed by atoms with Gasteiger partial charge in [-0.15, -0.1) is 10.2 Å². The molecule has 0 bridgehead atoms. The molecule has 134 valence electrons. The number of anilines is 1. The highest BCUT2D eigenvalue weighted by Crippen LogP contribution is 2.16. The van der Waals surface area contributed by atoms with Gasteiger partial charge in [0.05, 0.1) is 12.3 Å². The lowest BCUT2D eigenvalue weighted by atomic mass is 10.3. The summed E-state index contributed by atoms with van der Waals surface area (Å²) >= 11 is 1.26. The fourth-order valence-corrected chi connectivity index (χ4v) is 2.85. The van der Waals surface area contributed by atoms with Crippen molar-refractivity contribution in [1.29, 1.82) is 0 Å². The normalized spacial score (nSPS) is 10.5. The molecule has 2 aromatic heterocycles. The maximum atomic E-state index is 12.4. The molecule has 0 aliphatic carbocycles. The van der Waals surface area contributed by atoms with E-state index in [1.54, 1.807) is 24.3 Å². The number of benzene rings is 1. The molecule has 0 fully saturated rings. The number of hydrogen-bond acceptors (Lipinski definition) is 7. The van der Waals surface area contributed by atoms with Crippen molar-refractivity contribution in [2.24, 2.45) is 0 Å². The highest BCUT2D eigenvalue weighted by molar-refractivity contribution is 7.15. The second kappa shape index (κ2) is 7.87. The average molecular weight is 371 g/mol. The smallest absolute Gasteiger partial charge is 0.282 e. The minimum atomic E-state index is -0.617. The van der Waals surface area contributed by atoms with E-state index in [1.807, 2.05) is 13.8 Å². The van der Waals surface area contributed by atoms with Gasteiger partial charge in [0.2, 0.25) is 10.6 Å². The van der Waals surface area contributed by atoms with Crippen molar-refractivity contribution in [3.63, 3.8) is 0 Å². The highest BCUT2D eigenvalue weighted by Gasteiger charge is 2.16. The van der Waals surface area contributed by atoms with Crippen molar-refractivity contribution in [1.82, 2.24) is 20.0 Å². The summed E-state index contributed by atoms with van der Waals surface area (Å²) in [5.74, 6) is 0.118. The first-order chi connectivity index (χ1) is 12.6. The van der Waals surface area contributed by atoms with Gasteiger partial charge in [-0.3, -0.25) is 14.9 Å². The molecule has 9 heteroatoms. The van der Waals surface area contributed by atoms with Gasteiger partial charge in [0, 0.05) is 12.3 Å². The fourth-order valence-electron chi connectivity index (χ4n) is 2.17. The molecule has 0 saturated carbocycles. The summed E-state index contributed by atoms with van der Waals surface area (Å²) in [6, 6.07) is 8.48. The number of amides is 1. The van der Waals surface area contributed by atoms with Crippen LogP contribution in [0.1, 0.15) is 29.3 Å². The predicted molar refractivity (Wildman–Crippen MR) is 98.2 cm³/mol. The molecule has 0 aliphatic rings. The Morgan fingerprint density at radius 1 is 1.19 bits per heavy atom. The first-order valence-corrected chi connectivity index (χ1v) is 8.89. The Morgan fingerprint density at radius 3 is 2.62 bits per heavy atom. The average Bonchev–Trinajstić information content (AvgIpc) is 3.10. The largest absolute Gasteiger partial charge is 0.494 e. The van der Waals surface area contributed by atoms with E-state index in [0.717, 1.165) is 17.2 Å². The molecular weight excluding hydrogens is 354 g/mol. The molecule has 0 radical (unpaired) electrons. The number of nitrogens with zero attached hydrogens (tertiary/aromatic N) is 4. The van der Waals surface area contributed by atoms with E-state index < -0.39 is 11.3 Å². The second-order valence-corrected chi connectivity index (χ2v) is 6.27. The van der Waals surface area contributed by atoms with Gasteiger partial charge in [-0.25, -0.2) is 4.68 Å². The Hall–Kier alpha value is -3.07. The van der Waals surface area contributed by atoms with Crippen LogP contribution in [-0.4, -0.2) is 32.5 Å². The summed E-state index contributed by atoms with van der Waals surface area (Å²) in [7, 11) is 0. The summed E-state index contributed by atoms with van der Waals surface area (Å²) in [6.45, 7) is 4.43. The van der Waals surface area contributed by atoms with E-state index in [-0.39, 0.29) is 5.69 Å². The minimum absolute atomic E-state index is 0.213. The molecule has 1 amide bonds. The van der Waals surface area contributed by atoms with Gasteiger partial charge >= 0.3 is 0 Å². The number of ether oxygens (including phenoxy) is 1. The van der Waals surface area contributed by atoms with Crippen molar-refractivity contribution in [2.45, 2.75) is 20.3 Å². The lowest BCUT2D eigenvalue weighted by Crippen LogP contribution is -2.25. The van der Waals surface area contributed by atoms with Crippen LogP contribution in [0.15, 0.2) is 41.3 Å². The molecule has 3 rings (SSSR count). The lowest BCUT2D eigenvalue weighted by Gasteiger charge is -2.08. The maximum absolute atomic E-state index is 12.4. The highest BCUT2D eigenvalue weighted by atomic mass is 32.1. The maximum Gasteiger partial charge on any atom is 0.282 e. The number of carbonyl (C=O) groups is 1. The van der Waals surface area contributed by atoms with E-state index in [1.165, 1.54) is 28.3 Å². The number of aryl methyl sites for hydroxylation is 1. The monoisotopic (exact) mass is 371 g/mol. The lowest BCUT2D eigenvalue weighted by molar-refractivity contribution is 0.101. The van der Waals surface area contributed by atoms with E-state index in [9.17, 15) is 9.59 Å². The zero-order valence-electron chi connectivity index (χ0n) is 14.3. The molecule has 0 saturated heterocycles. The molecule has 0 spiro atoms. The van der Waals surface area contributed by atoms with Gasteiger partial charge < -0.3 is 4.74 Å². The first kappa shape index (κ1) is 17.7. The van der Waals surface area contributed by atoms with Gasteiger partial charge in [0.25, 0.3) is 5.91 Å². The van der Waals surface area contributed by atoms with Crippen LogP contribution in [0, 0.1) is 0 Å². The molecular formula is C17H17N5O3S. The molecule has 8 nitrogen and oxygen atoms in total. The Bertz CT molecular complexity index is 965. The van der Waals surface area contributed by atoms with Gasteiger partial charge in [0.1, 0.15) is 10.8 Å². The molecule has 0 aliphatic heterocycles. The Kier molecular flexibility index (Phi) is 5.37. The minimum Gasteiger partial charge on any atom is -0.494 e. The summed E-state index contributed by atoms with van der Waals surface area (Å²) < 4.78 is 6.86. The predicted octanol–water partition coefficient (Wildman–Crippen LogP) is 2.30. The number of nitrogens with one attached hydrogen (secondary N) is 1. The summed E-state index contributed by atoms with van der Waals surface area (Å²) in [5, 5.41) is 15.7. The standard InChI is InChI=1S/C17H17N5O3S/c1-3-14-19-20-17(26-14)18-16(24)15-13(23)9-10-22(21-15)11-5-7-12(8-6-11)25-4-2/h5-10H,3-4H2,1-2H3,(H,18,20,24). The van der Waals surface area contributed by atoms with Gasteiger partial charge in [-0.05, 0) is 37.6 Å². The van der Waals surface area contributed by atoms with Crippen LogP contribution in [0.5, 0.6) is 5.75 Å². The number of aromatic nitrogens is 4. The Morgan fingerprint density at radius 2 is 1.96 bits per heavy atom. The number of rotatable bonds is 6. The van der Waals surface area contributed by atoms with Crippen LogP contribution < -0.4 is 15.5 Å². The van der Waals surface area contributed by atoms with Crippen molar-refractivity contribution >= 4 is 22.4 Å². The van der Waals surface area contributed by atoms with E-state index in [4.69, 9.17) is 4.74 Å². The third-order valence-electron chi connectivity index (χ3n) is 3.43. The molecule has 0 atom stereocenters. The zero-order valence-corrected chi connectivity index (χ0v) is 15.1. The van der Waals surface area contributed by atoms with Crippen molar-refractivity contribution in [3.05, 3.63) is 57.5 Å². The third kappa shape index (κ3) is 3.94. The molecule has 0 unspecified atom stereocenters. The van der Waals surface area contributed by atoms with E-state index in [2.05, 4.69) is 20.6 Å². The topological polar surface area (TPSA) is 99.0 Å². The SMILES string of the molecule is CCOc1ccc(-n2ccc(=O)c(C(=O)Nc3nnc(CC)s3)n2)cc1. The van der Waals surface area contributed by atoms with Crippen LogP contribution >= 0.6 is 11.3 Å². The van der Waals surface area contributed by atoms with E-state index >= 15 is 0 Å². The molecule has 3 aromatic rings. The van der Waals surface area contributed by atoms with Crippen molar-refractivity contribution < 1.29 is 9.53 Å². The molecule has 1 aromatic carbocycles. The van der Waals surface area contributed by atoms with Gasteiger partial charge in [0.15, 0.2) is 5.69 Å². The van der Waals surface area contributed by atoms with Crippen LogP contribution in [0.3, 0.4) is 0 Å². The van der Waals surface area contributed by atoms with Crippen molar-refractivity contribution in [3.8, 4) is 11.4 Å². The first-order valence-electron chi connectivity index (χ1n) is 8.07. The van der Waals surface area contributed by atoms with E-state index in [0.29, 0.717) is 17.4 Å². The van der Waals surface area contributed by atoms with Crippen LogP contribution in [-0.2, 0) is 6.42 Å². The number of hydrogen-bond donors (Lipinski definition) is 1. The molecule has 26 heavy (non-hydrogen) atoms. The molecule has 2 heterocycles. The van der Waals surface area contributed by atoms with Crippen LogP contribution in [0.2, 0.25) is 0 Å². The second-order valence-electron chi connectivity index (χ2n) is 5.21. The summed E-state index contributed by atoms with van der Waals surface area (Å²) in [4.78, 5) is 24.4. The molecule has 1 N–H and O–H groups in total. The van der Waals surface area contributed by atoms with Crippen LogP contribution in [0.25, 0.3) is 5.69 Å². The number of carbonyl (C=O) groups excluding carboxylic acids is 1.